The lowest BCUT2D eigenvalue weighted by Crippen LogP contribution is -1.90. The maximum absolute atomic E-state index is 9.53. The summed E-state index contributed by atoms with van der Waals surface area (Å²) >= 11 is 0. The number of anilines is 1. The number of aryl methyl sites for hydroxylation is 1. The van der Waals surface area contributed by atoms with E-state index in [0.29, 0.717) is 0 Å². The number of phenols is 1. The SMILES string of the molecule is Cc1ccc(C=NNc2ccccc2)cc1O. The van der Waals surface area contributed by atoms with E-state index in [4.69, 9.17) is 0 Å². The standard InChI is InChI=1S/C14H14N2O/c1-11-7-8-12(9-14(11)17)10-15-16-13-5-3-2-4-6-13/h2-10,16-17H,1H3. The largest absolute Gasteiger partial charge is 0.508 e. The first-order chi connectivity index (χ1) is 8.25. The van der Waals surface area contributed by atoms with Crippen LogP contribution in [-0.4, -0.2) is 11.3 Å². The fourth-order valence-corrected chi connectivity index (χ4v) is 1.40. The van der Waals surface area contributed by atoms with Crippen molar-refractivity contribution in [3.8, 4) is 5.75 Å². The average Bonchev–Trinajstić information content (AvgIpc) is 2.35. The van der Waals surface area contributed by atoms with Crippen molar-refractivity contribution in [1.82, 2.24) is 0 Å². The third-order valence-electron chi connectivity index (χ3n) is 2.41. The summed E-state index contributed by atoms with van der Waals surface area (Å²) < 4.78 is 0. The lowest BCUT2D eigenvalue weighted by molar-refractivity contribution is 0.471. The van der Waals surface area contributed by atoms with Gasteiger partial charge >= 0.3 is 0 Å². The Morgan fingerprint density at radius 3 is 2.59 bits per heavy atom. The van der Waals surface area contributed by atoms with Gasteiger partial charge in [0, 0.05) is 0 Å². The number of aromatic hydroxyl groups is 1. The van der Waals surface area contributed by atoms with Crippen molar-refractivity contribution >= 4 is 11.9 Å². The summed E-state index contributed by atoms with van der Waals surface area (Å²) in [4.78, 5) is 0. The van der Waals surface area contributed by atoms with E-state index in [2.05, 4.69) is 10.5 Å². The van der Waals surface area contributed by atoms with Gasteiger partial charge < -0.3 is 5.11 Å². The van der Waals surface area contributed by atoms with Crippen LogP contribution in [0, 0.1) is 6.92 Å². The first kappa shape index (κ1) is 11.2. The molecule has 0 aliphatic rings. The Morgan fingerprint density at radius 2 is 1.88 bits per heavy atom. The second kappa shape index (κ2) is 5.16. The molecule has 17 heavy (non-hydrogen) atoms. The van der Waals surface area contributed by atoms with Gasteiger partial charge in [-0.15, -0.1) is 0 Å². The second-order valence-corrected chi connectivity index (χ2v) is 3.78. The number of benzene rings is 2. The molecule has 0 aliphatic carbocycles. The zero-order valence-electron chi connectivity index (χ0n) is 9.59. The van der Waals surface area contributed by atoms with Gasteiger partial charge in [0.1, 0.15) is 5.75 Å². The number of hydrogen-bond donors (Lipinski definition) is 2. The number of hydrazone groups is 1. The average molecular weight is 226 g/mol. The van der Waals surface area contributed by atoms with Crippen LogP contribution < -0.4 is 5.43 Å². The maximum Gasteiger partial charge on any atom is 0.119 e. The Morgan fingerprint density at radius 1 is 1.12 bits per heavy atom. The molecular formula is C14H14N2O. The molecule has 86 valence electrons. The minimum Gasteiger partial charge on any atom is -0.508 e. The van der Waals surface area contributed by atoms with Gasteiger partial charge in [-0.1, -0.05) is 30.3 Å². The van der Waals surface area contributed by atoms with Gasteiger partial charge in [0.05, 0.1) is 11.9 Å². The monoisotopic (exact) mass is 226 g/mol. The van der Waals surface area contributed by atoms with Crippen molar-refractivity contribution in [2.45, 2.75) is 6.92 Å². The number of para-hydroxylation sites is 1. The molecule has 3 nitrogen and oxygen atoms in total. The van der Waals surface area contributed by atoms with E-state index >= 15 is 0 Å². The van der Waals surface area contributed by atoms with E-state index in [1.807, 2.05) is 49.4 Å². The first-order valence-electron chi connectivity index (χ1n) is 5.39. The molecule has 0 aromatic heterocycles. The van der Waals surface area contributed by atoms with Crippen molar-refractivity contribution in [3.63, 3.8) is 0 Å². The van der Waals surface area contributed by atoms with Crippen LogP contribution in [0.25, 0.3) is 0 Å². The molecule has 2 aromatic carbocycles. The Hall–Kier alpha value is -2.29. The van der Waals surface area contributed by atoms with E-state index in [1.54, 1.807) is 12.3 Å². The number of nitrogens with one attached hydrogen (secondary N) is 1. The molecule has 0 fully saturated rings. The van der Waals surface area contributed by atoms with Crippen LogP contribution in [-0.2, 0) is 0 Å². The summed E-state index contributed by atoms with van der Waals surface area (Å²) in [6.07, 6.45) is 1.67. The van der Waals surface area contributed by atoms with Gasteiger partial charge in [-0.25, -0.2) is 0 Å². The third-order valence-corrected chi connectivity index (χ3v) is 2.41. The lowest BCUT2D eigenvalue weighted by Gasteiger charge is -2.00. The lowest BCUT2D eigenvalue weighted by atomic mass is 10.1. The molecule has 0 heterocycles. The molecule has 0 spiro atoms. The van der Waals surface area contributed by atoms with Crippen LogP contribution in [0.2, 0.25) is 0 Å². The molecule has 0 bridgehead atoms. The molecule has 0 saturated heterocycles. The highest BCUT2D eigenvalue weighted by molar-refractivity contribution is 5.81. The van der Waals surface area contributed by atoms with Crippen molar-refractivity contribution in [2.75, 3.05) is 5.43 Å². The van der Waals surface area contributed by atoms with Crippen molar-refractivity contribution < 1.29 is 5.11 Å². The normalized spacial score (nSPS) is 10.6. The third kappa shape index (κ3) is 3.08. The Bertz CT molecular complexity index is 521. The molecule has 2 N–H and O–H groups in total. The molecule has 0 unspecified atom stereocenters. The summed E-state index contributed by atoms with van der Waals surface area (Å²) in [5.74, 6) is 0.286. The summed E-state index contributed by atoms with van der Waals surface area (Å²) in [5, 5.41) is 13.6. The highest BCUT2D eigenvalue weighted by atomic mass is 16.3. The van der Waals surface area contributed by atoms with Crippen molar-refractivity contribution in [3.05, 3.63) is 59.7 Å². The summed E-state index contributed by atoms with van der Waals surface area (Å²) in [5.41, 5.74) is 5.56. The van der Waals surface area contributed by atoms with Gasteiger partial charge in [-0.2, -0.15) is 5.10 Å². The van der Waals surface area contributed by atoms with Crippen LogP contribution in [0.4, 0.5) is 5.69 Å². The van der Waals surface area contributed by atoms with Crippen molar-refractivity contribution in [1.29, 1.82) is 0 Å². The van der Waals surface area contributed by atoms with Crippen molar-refractivity contribution in [2.24, 2.45) is 5.10 Å². The minimum absolute atomic E-state index is 0.286. The Kier molecular flexibility index (Phi) is 3.40. The molecular weight excluding hydrogens is 212 g/mol. The number of rotatable bonds is 3. The first-order valence-corrected chi connectivity index (χ1v) is 5.39. The fourth-order valence-electron chi connectivity index (χ4n) is 1.40. The summed E-state index contributed by atoms with van der Waals surface area (Å²) in [6, 6.07) is 15.2. The molecule has 0 radical (unpaired) electrons. The Labute approximate surface area is 100 Å². The highest BCUT2D eigenvalue weighted by Gasteiger charge is 1.95. The van der Waals surface area contributed by atoms with E-state index in [-0.39, 0.29) is 5.75 Å². The number of nitrogens with zero attached hydrogens (tertiary/aromatic N) is 1. The molecule has 0 amide bonds. The molecule has 3 heteroatoms. The molecule has 2 aromatic rings. The molecule has 2 rings (SSSR count). The quantitative estimate of drug-likeness (QED) is 0.623. The Balaban J connectivity index is 2.03. The van der Waals surface area contributed by atoms with Gasteiger partial charge in [-0.05, 0) is 36.2 Å². The molecule has 0 saturated carbocycles. The zero-order valence-corrected chi connectivity index (χ0v) is 9.59. The maximum atomic E-state index is 9.53. The van der Waals surface area contributed by atoms with E-state index < -0.39 is 0 Å². The van der Waals surface area contributed by atoms with Crippen LogP contribution in [0.5, 0.6) is 5.75 Å². The second-order valence-electron chi connectivity index (χ2n) is 3.78. The molecule has 0 atom stereocenters. The van der Waals surface area contributed by atoms with Gasteiger partial charge in [0.25, 0.3) is 0 Å². The minimum atomic E-state index is 0.286. The van der Waals surface area contributed by atoms with Gasteiger partial charge in [-0.3, -0.25) is 5.43 Å². The topological polar surface area (TPSA) is 44.6 Å². The molecule has 0 aliphatic heterocycles. The van der Waals surface area contributed by atoms with Crippen LogP contribution in [0.1, 0.15) is 11.1 Å². The van der Waals surface area contributed by atoms with Crippen LogP contribution >= 0.6 is 0 Å². The van der Waals surface area contributed by atoms with E-state index in [0.717, 1.165) is 16.8 Å². The van der Waals surface area contributed by atoms with Gasteiger partial charge in [0.15, 0.2) is 0 Å². The summed E-state index contributed by atoms with van der Waals surface area (Å²) in [7, 11) is 0. The van der Waals surface area contributed by atoms with E-state index in [1.165, 1.54) is 0 Å². The fraction of sp³-hybridized carbons (Fsp3) is 0.0714. The summed E-state index contributed by atoms with van der Waals surface area (Å²) in [6.45, 7) is 1.86. The van der Waals surface area contributed by atoms with Gasteiger partial charge in [0.2, 0.25) is 0 Å². The number of hydrogen-bond acceptors (Lipinski definition) is 3. The smallest absolute Gasteiger partial charge is 0.119 e. The van der Waals surface area contributed by atoms with E-state index in [9.17, 15) is 5.11 Å². The van der Waals surface area contributed by atoms with Crippen LogP contribution in [0.15, 0.2) is 53.6 Å². The highest BCUT2D eigenvalue weighted by Crippen LogP contribution is 2.16. The zero-order chi connectivity index (χ0) is 12.1. The number of phenolic OH excluding ortho intramolecular Hbond substituents is 1. The predicted molar refractivity (Wildman–Crippen MR) is 70.5 cm³/mol. The predicted octanol–water partition coefficient (Wildman–Crippen LogP) is 3.15. The van der Waals surface area contributed by atoms with Crippen LogP contribution in [0.3, 0.4) is 0 Å².